The summed E-state index contributed by atoms with van der Waals surface area (Å²) in [6.45, 7) is 8.24. The molecular weight excluding hydrogens is 465 g/mol. The van der Waals surface area contributed by atoms with Gasteiger partial charge in [-0.25, -0.2) is 17.6 Å². The van der Waals surface area contributed by atoms with Crippen molar-refractivity contribution in [3.8, 4) is 5.75 Å². The van der Waals surface area contributed by atoms with Crippen molar-refractivity contribution in [2.75, 3.05) is 16.2 Å². The Morgan fingerprint density at radius 1 is 1.15 bits per heavy atom. The summed E-state index contributed by atoms with van der Waals surface area (Å²) in [5.41, 5.74) is -0.238. The van der Waals surface area contributed by atoms with Crippen molar-refractivity contribution in [1.29, 1.82) is 0 Å². The van der Waals surface area contributed by atoms with Gasteiger partial charge >= 0.3 is 6.09 Å². The zero-order valence-corrected chi connectivity index (χ0v) is 20.4. The van der Waals surface area contributed by atoms with Gasteiger partial charge in [-0.1, -0.05) is 0 Å². The average Bonchev–Trinajstić information content (AvgIpc) is 2.71. The summed E-state index contributed by atoms with van der Waals surface area (Å²) in [5, 5.41) is 5.24. The van der Waals surface area contributed by atoms with Crippen LogP contribution in [0.25, 0.3) is 0 Å². The molecule has 34 heavy (non-hydrogen) atoms. The molecule has 0 saturated carbocycles. The van der Waals surface area contributed by atoms with Gasteiger partial charge in [0.05, 0.1) is 23.2 Å². The molecule has 11 heteroatoms. The van der Waals surface area contributed by atoms with Crippen LogP contribution in [0.2, 0.25) is 0 Å². The van der Waals surface area contributed by atoms with E-state index >= 15 is 0 Å². The number of carbonyl (C=O) groups excluding carboxylic acids is 2. The number of ether oxygens (including phenoxy) is 2. The van der Waals surface area contributed by atoms with Crippen LogP contribution in [0, 0.1) is 5.82 Å². The first-order chi connectivity index (χ1) is 15.8. The molecular formula is C23H28FN3O6S. The van der Waals surface area contributed by atoms with E-state index in [0.717, 1.165) is 16.4 Å². The van der Waals surface area contributed by atoms with Crippen molar-refractivity contribution >= 4 is 33.4 Å². The van der Waals surface area contributed by atoms with Crippen LogP contribution in [0.15, 0.2) is 47.4 Å². The molecule has 0 radical (unpaired) electrons. The number of nitrogens with zero attached hydrogens (tertiary/aromatic N) is 1. The van der Waals surface area contributed by atoms with Gasteiger partial charge < -0.3 is 14.8 Å². The fraction of sp³-hybridized carbons (Fsp3) is 0.391. The molecule has 1 aliphatic heterocycles. The number of halogens is 1. The van der Waals surface area contributed by atoms with Crippen LogP contribution in [-0.2, 0) is 19.6 Å². The Labute approximate surface area is 198 Å². The summed E-state index contributed by atoms with van der Waals surface area (Å²) >= 11 is 0. The molecule has 9 nitrogen and oxygen atoms in total. The van der Waals surface area contributed by atoms with Gasteiger partial charge in [0.2, 0.25) is 5.91 Å². The number of hydrogen-bond donors (Lipinski definition) is 2. The highest BCUT2D eigenvalue weighted by atomic mass is 32.2. The number of rotatable bonds is 5. The molecule has 2 N–H and O–H groups in total. The second-order valence-electron chi connectivity index (χ2n) is 8.90. The molecule has 0 aromatic heterocycles. The summed E-state index contributed by atoms with van der Waals surface area (Å²) in [7, 11) is -4.16. The number of benzene rings is 2. The van der Waals surface area contributed by atoms with Crippen LogP contribution >= 0.6 is 0 Å². The van der Waals surface area contributed by atoms with E-state index in [1.807, 2.05) is 0 Å². The van der Waals surface area contributed by atoms with Crippen LogP contribution in [0.1, 0.15) is 34.6 Å². The van der Waals surface area contributed by atoms with Gasteiger partial charge in [0.1, 0.15) is 23.3 Å². The lowest BCUT2D eigenvalue weighted by molar-refractivity contribution is -0.119. The summed E-state index contributed by atoms with van der Waals surface area (Å²) in [6, 6.07) is 8.29. The SMILES string of the molecule is CC(=O)NCC1Oc2ccc(NC(=O)OC(C)(C)C)cc2N(S(=O)(=O)c2ccc(F)cc2)C1C. The first kappa shape index (κ1) is 25.3. The highest BCUT2D eigenvalue weighted by Crippen LogP contribution is 2.41. The minimum Gasteiger partial charge on any atom is -0.484 e. The normalized spacial score (nSPS) is 17.9. The molecule has 0 fully saturated rings. The van der Waals surface area contributed by atoms with Gasteiger partial charge in [-0.05, 0) is 70.2 Å². The number of amides is 2. The molecule has 1 aliphatic rings. The number of anilines is 2. The first-order valence-corrected chi connectivity index (χ1v) is 12.1. The van der Waals surface area contributed by atoms with E-state index in [9.17, 15) is 22.4 Å². The van der Waals surface area contributed by atoms with E-state index in [2.05, 4.69) is 10.6 Å². The molecule has 1 heterocycles. The lowest BCUT2D eigenvalue weighted by atomic mass is 10.1. The monoisotopic (exact) mass is 493 g/mol. The Hall–Kier alpha value is -3.34. The van der Waals surface area contributed by atoms with Crippen LogP contribution in [0.5, 0.6) is 5.75 Å². The minimum atomic E-state index is -4.16. The number of sulfonamides is 1. The Bertz CT molecular complexity index is 1180. The maximum absolute atomic E-state index is 13.6. The summed E-state index contributed by atoms with van der Waals surface area (Å²) in [4.78, 5) is 23.5. The van der Waals surface area contributed by atoms with E-state index < -0.39 is 39.7 Å². The predicted molar refractivity (Wildman–Crippen MR) is 125 cm³/mol. The van der Waals surface area contributed by atoms with E-state index in [4.69, 9.17) is 9.47 Å². The van der Waals surface area contributed by atoms with Crippen LogP contribution < -0.4 is 19.7 Å². The molecule has 0 aliphatic carbocycles. The Morgan fingerprint density at radius 3 is 2.38 bits per heavy atom. The third-order valence-electron chi connectivity index (χ3n) is 4.95. The molecule has 2 aromatic rings. The lowest BCUT2D eigenvalue weighted by Crippen LogP contribution is -2.54. The quantitative estimate of drug-likeness (QED) is 0.657. The third-order valence-corrected chi connectivity index (χ3v) is 6.87. The van der Waals surface area contributed by atoms with E-state index in [-0.39, 0.29) is 28.8 Å². The number of fused-ring (bicyclic) bond motifs is 1. The van der Waals surface area contributed by atoms with Gasteiger partial charge in [0.25, 0.3) is 10.0 Å². The molecule has 2 amide bonds. The molecule has 2 atom stereocenters. The molecule has 184 valence electrons. The first-order valence-electron chi connectivity index (χ1n) is 10.6. The zero-order chi connectivity index (χ0) is 25.3. The van der Waals surface area contributed by atoms with Crippen molar-refractivity contribution in [2.24, 2.45) is 0 Å². The van der Waals surface area contributed by atoms with Crippen LogP contribution in [0.4, 0.5) is 20.6 Å². The molecule has 0 saturated heterocycles. The van der Waals surface area contributed by atoms with Gasteiger partial charge in [0.15, 0.2) is 0 Å². The second kappa shape index (κ2) is 9.49. The maximum atomic E-state index is 13.6. The van der Waals surface area contributed by atoms with Crippen molar-refractivity contribution in [2.45, 2.75) is 57.3 Å². The van der Waals surface area contributed by atoms with Crippen molar-refractivity contribution < 1.29 is 31.9 Å². The lowest BCUT2D eigenvalue weighted by Gasteiger charge is -2.41. The van der Waals surface area contributed by atoms with Crippen LogP contribution in [0.3, 0.4) is 0 Å². The van der Waals surface area contributed by atoms with Crippen molar-refractivity contribution in [3.05, 3.63) is 48.3 Å². The van der Waals surface area contributed by atoms with Crippen molar-refractivity contribution in [3.63, 3.8) is 0 Å². The summed E-state index contributed by atoms with van der Waals surface area (Å²) < 4.78 is 53.1. The van der Waals surface area contributed by atoms with E-state index in [1.54, 1.807) is 33.8 Å². The molecule has 0 bridgehead atoms. The molecule has 2 unspecified atom stereocenters. The largest absolute Gasteiger partial charge is 0.484 e. The average molecular weight is 494 g/mol. The summed E-state index contributed by atoms with van der Waals surface area (Å²) in [5.74, 6) is -0.609. The number of hydrogen-bond acceptors (Lipinski definition) is 6. The highest BCUT2D eigenvalue weighted by molar-refractivity contribution is 7.92. The smallest absolute Gasteiger partial charge is 0.412 e. The van der Waals surface area contributed by atoms with E-state index in [1.165, 1.54) is 31.2 Å². The molecule has 0 spiro atoms. The molecule has 3 rings (SSSR count). The number of carbonyl (C=O) groups is 2. The topological polar surface area (TPSA) is 114 Å². The molecule has 2 aromatic carbocycles. The predicted octanol–water partition coefficient (Wildman–Crippen LogP) is 3.65. The van der Waals surface area contributed by atoms with E-state index in [0.29, 0.717) is 5.69 Å². The fourth-order valence-electron chi connectivity index (χ4n) is 3.45. The third kappa shape index (κ3) is 5.77. The zero-order valence-electron chi connectivity index (χ0n) is 19.6. The number of nitrogens with one attached hydrogen (secondary N) is 2. The fourth-order valence-corrected chi connectivity index (χ4v) is 5.13. The van der Waals surface area contributed by atoms with Gasteiger partial charge in [-0.2, -0.15) is 0 Å². The van der Waals surface area contributed by atoms with Gasteiger partial charge in [-0.3, -0.25) is 14.4 Å². The standard InChI is InChI=1S/C23H28FN3O6S/c1-14-21(13-25-15(2)28)32-20-11-8-17(26-22(29)33-23(3,4)5)12-19(20)27(14)34(30,31)18-9-6-16(24)7-10-18/h6-12,14,21H,13H2,1-5H3,(H,25,28)(H,26,29). The van der Waals surface area contributed by atoms with Gasteiger partial charge in [0, 0.05) is 12.6 Å². The second-order valence-corrected chi connectivity index (χ2v) is 10.7. The minimum absolute atomic E-state index is 0.0727. The van der Waals surface area contributed by atoms with Gasteiger partial charge in [-0.15, -0.1) is 0 Å². The van der Waals surface area contributed by atoms with Crippen LogP contribution in [-0.4, -0.2) is 44.7 Å². The maximum Gasteiger partial charge on any atom is 0.412 e. The summed E-state index contributed by atoms with van der Waals surface area (Å²) in [6.07, 6.45) is -1.40. The Kier molecular flexibility index (Phi) is 7.06. The highest BCUT2D eigenvalue weighted by Gasteiger charge is 2.40. The Balaban J connectivity index is 2.04. The van der Waals surface area contributed by atoms with Crippen molar-refractivity contribution in [1.82, 2.24) is 5.32 Å². The Morgan fingerprint density at radius 2 is 1.79 bits per heavy atom.